The number of imidazole rings is 1. The Kier molecular flexibility index (Phi) is 2.84. The number of benzene rings is 1. The fourth-order valence-corrected chi connectivity index (χ4v) is 2.81. The highest BCUT2D eigenvalue weighted by Crippen LogP contribution is 2.22. The van der Waals surface area contributed by atoms with E-state index in [1.54, 1.807) is 6.20 Å². The van der Waals surface area contributed by atoms with Crippen molar-refractivity contribution in [2.75, 3.05) is 18.0 Å². The van der Waals surface area contributed by atoms with E-state index in [1.165, 1.54) is 18.4 Å². The summed E-state index contributed by atoms with van der Waals surface area (Å²) in [5, 5.41) is 0. The number of hydrogen-bond donors (Lipinski definition) is 1. The van der Waals surface area contributed by atoms with Gasteiger partial charge in [0.25, 0.3) is 0 Å². The van der Waals surface area contributed by atoms with Gasteiger partial charge in [-0.3, -0.25) is 4.98 Å². The van der Waals surface area contributed by atoms with E-state index >= 15 is 0 Å². The highest BCUT2D eigenvalue weighted by atomic mass is 15.2. The molecular weight excluding hydrogens is 262 g/mol. The summed E-state index contributed by atoms with van der Waals surface area (Å²) in [7, 11) is 0. The zero-order chi connectivity index (χ0) is 14.2. The Morgan fingerprint density at radius 2 is 1.95 bits per heavy atom. The van der Waals surface area contributed by atoms with E-state index in [2.05, 4.69) is 38.9 Å². The van der Waals surface area contributed by atoms with Crippen LogP contribution in [0, 0.1) is 6.92 Å². The summed E-state index contributed by atoms with van der Waals surface area (Å²) in [6, 6.07) is 6.20. The summed E-state index contributed by atoms with van der Waals surface area (Å²) in [6.07, 6.45) is 6.07. The molecule has 4 rings (SSSR count). The number of aryl methyl sites for hydroxylation is 1. The van der Waals surface area contributed by atoms with Gasteiger partial charge in [0.05, 0.1) is 23.4 Å². The number of nitrogens with one attached hydrogen (secondary N) is 1. The van der Waals surface area contributed by atoms with Crippen LogP contribution in [0.25, 0.3) is 22.6 Å². The van der Waals surface area contributed by atoms with Crippen LogP contribution < -0.4 is 4.90 Å². The predicted octanol–water partition coefficient (Wildman–Crippen LogP) is 2.93. The van der Waals surface area contributed by atoms with Crippen molar-refractivity contribution in [3.05, 3.63) is 36.2 Å². The Labute approximate surface area is 123 Å². The Hall–Kier alpha value is -2.43. The number of hydrogen-bond acceptors (Lipinski definition) is 4. The van der Waals surface area contributed by atoms with Crippen molar-refractivity contribution >= 4 is 16.9 Å². The fourth-order valence-electron chi connectivity index (χ4n) is 2.81. The van der Waals surface area contributed by atoms with Crippen LogP contribution in [-0.2, 0) is 0 Å². The molecular formula is C16H17N5. The Morgan fingerprint density at radius 1 is 1.10 bits per heavy atom. The first-order valence-corrected chi connectivity index (χ1v) is 7.33. The molecule has 0 atom stereocenters. The molecule has 1 aliphatic rings. The van der Waals surface area contributed by atoms with E-state index in [0.717, 1.165) is 41.5 Å². The molecule has 1 fully saturated rings. The normalized spacial score (nSPS) is 15.0. The van der Waals surface area contributed by atoms with Crippen LogP contribution in [0.2, 0.25) is 0 Å². The van der Waals surface area contributed by atoms with Gasteiger partial charge in [0.1, 0.15) is 11.5 Å². The lowest BCUT2D eigenvalue weighted by molar-refractivity contribution is 0.926. The van der Waals surface area contributed by atoms with Crippen LogP contribution >= 0.6 is 0 Å². The second-order valence-corrected chi connectivity index (χ2v) is 5.56. The Bertz CT molecular complexity index is 786. The molecule has 106 valence electrons. The minimum absolute atomic E-state index is 0.782. The van der Waals surface area contributed by atoms with Crippen LogP contribution in [0.3, 0.4) is 0 Å². The summed E-state index contributed by atoms with van der Waals surface area (Å²) in [6.45, 7) is 4.21. The van der Waals surface area contributed by atoms with Gasteiger partial charge in [0.2, 0.25) is 0 Å². The fraction of sp³-hybridized carbons (Fsp3) is 0.312. The van der Waals surface area contributed by atoms with Gasteiger partial charge in [-0.2, -0.15) is 0 Å². The Morgan fingerprint density at radius 3 is 2.81 bits per heavy atom. The standard InChI is InChI=1S/C16H17N5/c1-11-4-5-12-13(8-11)20-16(19-12)14-9-17-10-15(18-14)21-6-2-3-7-21/h4-5,8-10H,2-3,6-7H2,1H3,(H,19,20). The van der Waals surface area contributed by atoms with Crippen LogP contribution in [0.5, 0.6) is 0 Å². The van der Waals surface area contributed by atoms with Gasteiger partial charge in [0.15, 0.2) is 5.82 Å². The molecule has 0 aliphatic carbocycles. The van der Waals surface area contributed by atoms with Gasteiger partial charge in [-0.05, 0) is 37.5 Å². The topological polar surface area (TPSA) is 57.7 Å². The molecule has 5 heteroatoms. The maximum atomic E-state index is 4.71. The molecule has 0 unspecified atom stereocenters. The molecule has 1 aliphatic heterocycles. The van der Waals surface area contributed by atoms with Crippen LogP contribution in [0.15, 0.2) is 30.6 Å². The number of nitrogens with zero attached hydrogens (tertiary/aromatic N) is 4. The molecule has 5 nitrogen and oxygen atoms in total. The lowest BCUT2D eigenvalue weighted by Gasteiger charge is -2.15. The first-order valence-electron chi connectivity index (χ1n) is 7.33. The van der Waals surface area contributed by atoms with Gasteiger partial charge < -0.3 is 9.88 Å². The van der Waals surface area contributed by atoms with Gasteiger partial charge in [-0.15, -0.1) is 0 Å². The smallest absolute Gasteiger partial charge is 0.158 e. The first kappa shape index (κ1) is 12.3. The highest BCUT2D eigenvalue weighted by molar-refractivity contribution is 5.79. The number of fused-ring (bicyclic) bond motifs is 1. The SMILES string of the molecule is Cc1ccc2nc(-c3cncc(N4CCCC4)n3)[nH]c2c1. The zero-order valence-electron chi connectivity index (χ0n) is 12.0. The molecule has 3 aromatic rings. The largest absolute Gasteiger partial charge is 0.355 e. The van der Waals surface area contributed by atoms with Crippen LogP contribution in [-0.4, -0.2) is 33.0 Å². The number of aromatic amines is 1. The zero-order valence-corrected chi connectivity index (χ0v) is 12.0. The van der Waals surface area contributed by atoms with Crippen LogP contribution in [0.1, 0.15) is 18.4 Å². The summed E-state index contributed by atoms with van der Waals surface area (Å²) in [4.78, 5) is 19.3. The number of anilines is 1. The lowest BCUT2D eigenvalue weighted by atomic mass is 10.2. The number of H-pyrrole nitrogens is 1. The molecule has 2 aromatic heterocycles. The maximum absolute atomic E-state index is 4.71. The average Bonchev–Trinajstić information content (AvgIpc) is 3.16. The van der Waals surface area contributed by atoms with Gasteiger partial charge in [-0.1, -0.05) is 6.07 Å². The van der Waals surface area contributed by atoms with Crippen molar-refractivity contribution < 1.29 is 0 Å². The first-order chi connectivity index (χ1) is 10.3. The molecule has 0 spiro atoms. The van der Waals surface area contributed by atoms with Crippen molar-refractivity contribution in [3.63, 3.8) is 0 Å². The molecule has 0 radical (unpaired) electrons. The summed E-state index contributed by atoms with van der Waals surface area (Å²) in [5.74, 6) is 1.73. The molecule has 0 saturated carbocycles. The van der Waals surface area contributed by atoms with E-state index in [4.69, 9.17) is 4.98 Å². The van der Waals surface area contributed by atoms with E-state index in [9.17, 15) is 0 Å². The van der Waals surface area contributed by atoms with E-state index < -0.39 is 0 Å². The number of aromatic nitrogens is 4. The molecule has 1 N–H and O–H groups in total. The third kappa shape index (κ3) is 2.24. The van der Waals surface area contributed by atoms with Gasteiger partial charge in [-0.25, -0.2) is 9.97 Å². The number of rotatable bonds is 2. The summed E-state index contributed by atoms with van der Waals surface area (Å²) < 4.78 is 0. The highest BCUT2D eigenvalue weighted by Gasteiger charge is 2.15. The van der Waals surface area contributed by atoms with Gasteiger partial charge in [0, 0.05) is 13.1 Å². The summed E-state index contributed by atoms with van der Waals surface area (Å²) >= 11 is 0. The van der Waals surface area contributed by atoms with Crippen molar-refractivity contribution in [1.82, 2.24) is 19.9 Å². The molecule has 1 aromatic carbocycles. The van der Waals surface area contributed by atoms with E-state index in [0.29, 0.717) is 0 Å². The maximum Gasteiger partial charge on any atom is 0.158 e. The molecule has 0 amide bonds. The average molecular weight is 279 g/mol. The second kappa shape index (κ2) is 4.84. The third-order valence-electron chi connectivity index (χ3n) is 3.93. The van der Waals surface area contributed by atoms with Crippen molar-refractivity contribution in [3.8, 4) is 11.5 Å². The van der Waals surface area contributed by atoms with Gasteiger partial charge >= 0.3 is 0 Å². The monoisotopic (exact) mass is 279 g/mol. The summed E-state index contributed by atoms with van der Waals surface area (Å²) in [5.41, 5.74) is 4.02. The molecule has 3 heterocycles. The third-order valence-corrected chi connectivity index (χ3v) is 3.93. The van der Waals surface area contributed by atoms with Crippen molar-refractivity contribution in [2.45, 2.75) is 19.8 Å². The minimum atomic E-state index is 0.782. The second-order valence-electron chi connectivity index (χ2n) is 5.56. The van der Waals surface area contributed by atoms with Crippen LogP contribution in [0.4, 0.5) is 5.82 Å². The molecule has 1 saturated heterocycles. The minimum Gasteiger partial charge on any atom is -0.355 e. The Balaban J connectivity index is 1.75. The molecule has 0 bridgehead atoms. The lowest BCUT2D eigenvalue weighted by Crippen LogP contribution is -2.19. The predicted molar refractivity (Wildman–Crippen MR) is 83.3 cm³/mol. The van der Waals surface area contributed by atoms with E-state index in [-0.39, 0.29) is 0 Å². The quantitative estimate of drug-likeness (QED) is 0.783. The van der Waals surface area contributed by atoms with Crippen molar-refractivity contribution in [2.24, 2.45) is 0 Å². The molecule has 21 heavy (non-hydrogen) atoms. The van der Waals surface area contributed by atoms with E-state index in [1.807, 2.05) is 12.3 Å². The van der Waals surface area contributed by atoms with Crippen molar-refractivity contribution in [1.29, 1.82) is 0 Å².